The summed E-state index contributed by atoms with van der Waals surface area (Å²) in [6, 6.07) is 14.0. The first-order valence-electron chi connectivity index (χ1n) is 7.89. The topological polar surface area (TPSA) is 38.1 Å². The van der Waals surface area contributed by atoms with Gasteiger partial charge in [-0.3, -0.25) is 4.79 Å². The van der Waals surface area contributed by atoms with E-state index in [1.54, 1.807) is 11.1 Å². The highest BCUT2D eigenvalue weighted by Crippen LogP contribution is 2.20. The molecule has 2 aromatic heterocycles. The van der Waals surface area contributed by atoms with E-state index < -0.39 is 0 Å². The van der Waals surface area contributed by atoms with Crippen LogP contribution in [0.5, 0.6) is 0 Å². The fourth-order valence-corrected chi connectivity index (χ4v) is 2.82. The summed E-state index contributed by atoms with van der Waals surface area (Å²) < 4.78 is 2.09. The average molecular weight is 307 g/mol. The lowest BCUT2D eigenvalue weighted by atomic mass is 10.1. The molecular weight excluding hydrogens is 286 g/mol. The van der Waals surface area contributed by atoms with Gasteiger partial charge < -0.3 is 9.47 Å². The Morgan fingerprint density at radius 2 is 1.96 bits per heavy atom. The third-order valence-electron chi connectivity index (χ3n) is 4.09. The fraction of sp³-hybridized carbons (Fsp3) is 0.263. The molecule has 23 heavy (non-hydrogen) atoms. The Morgan fingerprint density at radius 3 is 2.70 bits per heavy atom. The van der Waals surface area contributed by atoms with Crippen LogP contribution >= 0.6 is 0 Å². The lowest BCUT2D eigenvalue weighted by molar-refractivity contribution is -0.129. The fourth-order valence-electron chi connectivity index (χ4n) is 2.82. The Bertz CT molecular complexity index is 808. The van der Waals surface area contributed by atoms with Gasteiger partial charge in [0.2, 0.25) is 5.91 Å². The minimum absolute atomic E-state index is 0.118. The molecule has 0 aliphatic carbocycles. The molecule has 0 aliphatic heterocycles. The molecule has 3 rings (SSSR count). The van der Waals surface area contributed by atoms with Crippen molar-refractivity contribution in [3.8, 4) is 0 Å². The average Bonchev–Trinajstić information content (AvgIpc) is 2.94. The normalized spacial score (nSPS) is 10.9. The molecule has 0 N–H and O–H groups in total. The molecule has 0 bridgehead atoms. The van der Waals surface area contributed by atoms with Crippen LogP contribution in [0.1, 0.15) is 18.1 Å². The van der Waals surface area contributed by atoms with E-state index in [2.05, 4.69) is 16.5 Å². The number of carbonyl (C=O) groups excluding carboxylic acids is 1. The predicted octanol–water partition coefficient (Wildman–Crippen LogP) is 3.26. The van der Waals surface area contributed by atoms with Crippen LogP contribution < -0.4 is 0 Å². The Kier molecular flexibility index (Phi) is 4.42. The molecule has 4 heteroatoms. The predicted molar refractivity (Wildman–Crippen MR) is 92.0 cm³/mol. The van der Waals surface area contributed by atoms with Gasteiger partial charge in [-0.25, -0.2) is 4.98 Å². The zero-order valence-corrected chi connectivity index (χ0v) is 13.6. The van der Waals surface area contributed by atoms with E-state index in [-0.39, 0.29) is 5.91 Å². The van der Waals surface area contributed by atoms with Crippen molar-refractivity contribution in [1.82, 2.24) is 14.5 Å². The summed E-state index contributed by atoms with van der Waals surface area (Å²) in [7, 11) is 1.85. The van der Waals surface area contributed by atoms with Gasteiger partial charge >= 0.3 is 0 Å². The van der Waals surface area contributed by atoms with Gasteiger partial charge in [0.1, 0.15) is 5.65 Å². The highest BCUT2D eigenvalue weighted by Gasteiger charge is 2.15. The summed E-state index contributed by atoms with van der Waals surface area (Å²) in [5.74, 6) is 0.118. The van der Waals surface area contributed by atoms with Crippen LogP contribution in [0.3, 0.4) is 0 Å². The molecule has 0 atom stereocenters. The number of aryl methyl sites for hydroxylation is 1. The van der Waals surface area contributed by atoms with Crippen molar-refractivity contribution in [3.63, 3.8) is 0 Å². The maximum atomic E-state index is 12.6. The molecule has 2 heterocycles. The number of nitrogens with zero attached hydrogens (tertiary/aromatic N) is 3. The molecule has 3 aromatic rings. The zero-order valence-electron chi connectivity index (χ0n) is 13.6. The number of amides is 1. The summed E-state index contributed by atoms with van der Waals surface area (Å²) in [5, 5.41) is 1.07. The minimum Gasteiger partial charge on any atom is -0.341 e. The number of aromatic nitrogens is 2. The molecule has 1 aromatic carbocycles. The maximum absolute atomic E-state index is 12.6. The second kappa shape index (κ2) is 6.65. The molecule has 118 valence electrons. The van der Waals surface area contributed by atoms with Crippen molar-refractivity contribution in [1.29, 1.82) is 0 Å². The summed E-state index contributed by atoms with van der Waals surface area (Å²) >= 11 is 0. The third kappa shape index (κ3) is 3.26. The second-order valence-corrected chi connectivity index (χ2v) is 5.73. The Balaban J connectivity index is 1.77. The van der Waals surface area contributed by atoms with Gasteiger partial charge in [0.05, 0.1) is 6.42 Å². The Labute approximate surface area is 136 Å². The van der Waals surface area contributed by atoms with Crippen LogP contribution in [0.25, 0.3) is 11.0 Å². The van der Waals surface area contributed by atoms with Gasteiger partial charge in [-0.1, -0.05) is 30.3 Å². The van der Waals surface area contributed by atoms with Crippen molar-refractivity contribution in [2.75, 3.05) is 7.05 Å². The molecule has 1 amide bonds. The molecular formula is C19H21N3O. The van der Waals surface area contributed by atoms with Crippen LogP contribution in [-0.4, -0.2) is 27.4 Å². The van der Waals surface area contributed by atoms with Crippen LogP contribution in [0.15, 0.2) is 54.9 Å². The molecule has 0 saturated heterocycles. The van der Waals surface area contributed by atoms with Crippen LogP contribution in [0, 0.1) is 0 Å². The number of benzene rings is 1. The van der Waals surface area contributed by atoms with E-state index in [0.29, 0.717) is 13.0 Å². The zero-order chi connectivity index (χ0) is 16.2. The summed E-state index contributed by atoms with van der Waals surface area (Å²) in [5.41, 5.74) is 3.13. The van der Waals surface area contributed by atoms with Gasteiger partial charge in [-0.2, -0.15) is 0 Å². The second-order valence-electron chi connectivity index (χ2n) is 5.73. The van der Waals surface area contributed by atoms with Gasteiger partial charge in [-0.05, 0) is 30.2 Å². The summed E-state index contributed by atoms with van der Waals surface area (Å²) in [6.45, 7) is 3.56. The van der Waals surface area contributed by atoms with Crippen LogP contribution in [0.4, 0.5) is 0 Å². The Hall–Kier alpha value is -2.62. The van der Waals surface area contributed by atoms with Gasteiger partial charge in [-0.15, -0.1) is 0 Å². The highest BCUT2D eigenvalue weighted by molar-refractivity contribution is 5.87. The smallest absolute Gasteiger partial charge is 0.227 e. The van der Waals surface area contributed by atoms with Crippen LogP contribution in [-0.2, 0) is 24.3 Å². The van der Waals surface area contributed by atoms with Crippen molar-refractivity contribution < 1.29 is 4.79 Å². The molecule has 0 saturated carbocycles. The lowest BCUT2D eigenvalue weighted by Crippen LogP contribution is -2.27. The molecule has 0 aliphatic rings. The molecule has 0 spiro atoms. The van der Waals surface area contributed by atoms with Crippen molar-refractivity contribution in [2.45, 2.75) is 26.4 Å². The number of hydrogen-bond donors (Lipinski definition) is 0. The number of pyridine rings is 1. The number of fused-ring (bicyclic) bond motifs is 1. The number of carbonyl (C=O) groups is 1. The van der Waals surface area contributed by atoms with Crippen molar-refractivity contribution >= 4 is 16.9 Å². The number of likely N-dealkylation sites (N-methyl/N-ethyl adjacent to an activating group) is 1. The first-order valence-corrected chi connectivity index (χ1v) is 7.89. The van der Waals surface area contributed by atoms with E-state index in [1.807, 2.05) is 55.7 Å². The van der Waals surface area contributed by atoms with E-state index in [4.69, 9.17) is 0 Å². The first-order chi connectivity index (χ1) is 11.2. The summed E-state index contributed by atoms with van der Waals surface area (Å²) in [4.78, 5) is 18.8. The number of hydrogen-bond acceptors (Lipinski definition) is 2. The van der Waals surface area contributed by atoms with Gasteiger partial charge in [0, 0.05) is 37.9 Å². The van der Waals surface area contributed by atoms with E-state index in [9.17, 15) is 4.79 Å². The van der Waals surface area contributed by atoms with E-state index >= 15 is 0 Å². The SMILES string of the molecule is CCn1cc(CC(=O)N(C)Cc2ccccc2)c2cccnc21. The molecule has 0 radical (unpaired) electrons. The quantitative estimate of drug-likeness (QED) is 0.725. The Morgan fingerprint density at radius 1 is 1.17 bits per heavy atom. The standard InChI is InChI=1S/C19H21N3O/c1-3-22-14-16(17-10-7-11-20-19(17)22)12-18(23)21(2)13-15-8-5-4-6-9-15/h4-11,14H,3,12-13H2,1-2H3. The van der Waals surface area contributed by atoms with Crippen molar-refractivity contribution in [3.05, 3.63) is 66.0 Å². The summed E-state index contributed by atoms with van der Waals surface area (Å²) in [6.07, 6.45) is 4.24. The lowest BCUT2D eigenvalue weighted by Gasteiger charge is -2.17. The molecule has 4 nitrogen and oxygen atoms in total. The third-order valence-corrected chi connectivity index (χ3v) is 4.09. The van der Waals surface area contributed by atoms with Crippen LogP contribution in [0.2, 0.25) is 0 Å². The monoisotopic (exact) mass is 307 g/mol. The molecule has 0 fully saturated rings. The number of rotatable bonds is 5. The molecule has 0 unspecified atom stereocenters. The van der Waals surface area contributed by atoms with E-state index in [1.165, 1.54) is 0 Å². The first kappa shape index (κ1) is 15.3. The van der Waals surface area contributed by atoms with Crippen molar-refractivity contribution in [2.24, 2.45) is 0 Å². The van der Waals surface area contributed by atoms with Gasteiger partial charge in [0.15, 0.2) is 0 Å². The largest absolute Gasteiger partial charge is 0.341 e. The van der Waals surface area contributed by atoms with E-state index in [0.717, 1.165) is 28.7 Å². The van der Waals surface area contributed by atoms with Gasteiger partial charge in [0.25, 0.3) is 0 Å². The highest BCUT2D eigenvalue weighted by atomic mass is 16.2. The maximum Gasteiger partial charge on any atom is 0.227 e. The minimum atomic E-state index is 0.118.